The van der Waals surface area contributed by atoms with E-state index in [0.717, 1.165) is 34.5 Å². The predicted molar refractivity (Wildman–Crippen MR) is 103 cm³/mol. The lowest BCUT2D eigenvalue weighted by molar-refractivity contribution is 0.0186. The van der Waals surface area contributed by atoms with E-state index in [1.54, 1.807) is 18.3 Å². The summed E-state index contributed by atoms with van der Waals surface area (Å²) in [5, 5.41) is 13.3. The van der Waals surface area contributed by atoms with Crippen LogP contribution in [0.1, 0.15) is 11.6 Å². The molecule has 140 valence electrons. The van der Waals surface area contributed by atoms with Crippen LogP contribution in [0.3, 0.4) is 0 Å². The van der Waals surface area contributed by atoms with Gasteiger partial charge in [0.25, 0.3) is 0 Å². The van der Waals surface area contributed by atoms with Crippen LogP contribution < -0.4 is 5.32 Å². The molecule has 6 nitrogen and oxygen atoms in total. The number of aromatic nitrogens is 3. The third-order valence-corrected chi connectivity index (χ3v) is 5.38. The van der Waals surface area contributed by atoms with Crippen LogP contribution in [0.4, 0.5) is 9.52 Å². The zero-order chi connectivity index (χ0) is 18.5. The van der Waals surface area contributed by atoms with Gasteiger partial charge in [0.1, 0.15) is 11.5 Å². The van der Waals surface area contributed by atoms with Crippen molar-refractivity contribution in [2.75, 3.05) is 38.2 Å². The summed E-state index contributed by atoms with van der Waals surface area (Å²) >= 11 is 1.46. The minimum Gasteiger partial charge on any atom is -0.379 e. The lowest BCUT2D eigenvalue weighted by Gasteiger charge is -2.34. The lowest BCUT2D eigenvalue weighted by Crippen LogP contribution is -2.41. The molecule has 0 amide bonds. The number of anilines is 1. The van der Waals surface area contributed by atoms with E-state index >= 15 is 0 Å². The van der Waals surface area contributed by atoms with E-state index in [-0.39, 0.29) is 11.9 Å². The molecule has 1 aromatic carbocycles. The summed E-state index contributed by atoms with van der Waals surface area (Å²) in [5.41, 5.74) is 1.75. The second-order valence-corrected chi connectivity index (χ2v) is 7.20. The molecule has 1 unspecified atom stereocenters. The second kappa shape index (κ2) is 8.51. The Morgan fingerprint density at radius 1 is 1.15 bits per heavy atom. The van der Waals surface area contributed by atoms with E-state index in [1.807, 2.05) is 24.3 Å². The van der Waals surface area contributed by atoms with E-state index < -0.39 is 0 Å². The zero-order valence-electron chi connectivity index (χ0n) is 14.7. The number of nitrogens with zero attached hydrogens (tertiary/aromatic N) is 4. The molecule has 0 saturated carbocycles. The van der Waals surface area contributed by atoms with Crippen molar-refractivity contribution in [3.63, 3.8) is 0 Å². The normalized spacial score (nSPS) is 16.2. The largest absolute Gasteiger partial charge is 0.379 e. The van der Waals surface area contributed by atoms with E-state index in [1.165, 1.54) is 17.4 Å². The number of benzene rings is 1. The SMILES string of the molecule is Fc1cccc(C(CNc2nnc(-c3ccccn3)s2)N2CCOCC2)c1. The van der Waals surface area contributed by atoms with Gasteiger partial charge < -0.3 is 10.1 Å². The molecule has 3 heterocycles. The first-order valence-electron chi connectivity index (χ1n) is 8.85. The molecule has 0 aliphatic carbocycles. The van der Waals surface area contributed by atoms with Gasteiger partial charge in [0, 0.05) is 25.8 Å². The first-order chi connectivity index (χ1) is 13.3. The molecular formula is C19H20FN5OS. The summed E-state index contributed by atoms with van der Waals surface area (Å²) in [7, 11) is 0. The van der Waals surface area contributed by atoms with E-state index in [0.29, 0.717) is 19.8 Å². The van der Waals surface area contributed by atoms with Crippen LogP contribution in [0, 0.1) is 5.82 Å². The Labute approximate surface area is 161 Å². The number of morpholine rings is 1. The van der Waals surface area contributed by atoms with Crippen LogP contribution in [0.25, 0.3) is 10.7 Å². The molecule has 0 radical (unpaired) electrons. The molecule has 2 aromatic heterocycles. The fourth-order valence-corrected chi connectivity index (χ4v) is 3.86. The molecule has 1 aliphatic heterocycles. The maximum atomic E-state index is 13.8. The summed E-state index contributed by atoms with van der Waals surface area (Å²) in [5.74, 6) is -0.223. The number of rotatable bonds is 6. The number of ether oxygens (including phenoxy) is 1. The smallest absolute Gasteiger partial charge is 0.206 e. The van der Waals surface area contributed by atoms with Crippen molar-refractivity contribution in [3.05, 3.63) is 60.0 Å². The molecule has 1 atom stereocenters. The van der Waals surface area contributed by atoms with Gasteiger partial charge >= 0.3 is 0 Å². The third kappa shape index (κ3) is 4.47. The summed E-state index contributed by atoms with van der Waals surface area (Å²) in [6.45, 7) is 3.62. The van der Waals surface area contributed by atoms with Crippen molar-refractivity contribution in [1.82, 2.24) is 20.1 Å². The summed E-state index contributed by atoms with van der Waals surface area (Å²) < 4.78 is 19.2. The van der Waals surface area contributed by atoms with Crippen LogP contribution in [-0.2, 0) is 4.74 Å². The van der Waals surface area contributed by atoms with Gasteiger partial charge in [0.2, 0.25) is 5.13 Å². The standard InChI is InChI=1S/C19H20FN5OS/c20-15-5-3-4-14(12-15)17(25-8-10-26-11-9-25)13-22-19-24-23-18(27-19)16-6-1-2-7-21-16/h1-7,12,17H,8-11,13H2,(H,22,24). The molecule has 1 saturated heterocycles. The summed E-state index contributed by atoms with van der Waals surface area (Å²) in [6, 6.07) is 12.5. The van der Waals surface area contributed by atoms with Crippen molar-refractivity contribution >= 4 is 16.5 Å². The van der Waals surface area contributed by atoms with Gasteiger partial charge in [-0.2, -0.15) is 0 Å². The van der Waals surface area contributed by atoms with E-state index in [4.69, 9.17) is 4.74 Å². The Kier molecular flexibility index (Phi) is 5.66. The quantitative estimate of drug-likeness (QED) is 0.703. The number of nitrogens with one attached hydrogen (secondary N) is 1. The van der Waals surface area contributed by atoms with Crippen LogP contribution in [-0.4, -0.2) is 52.9 Å². The van der Waals surface area contributed by atoms with Gasteiger partial charge in [-0.3, -0.25) is 9.88 Å². The van der Waals surface area contributed by atoms with Gasteiger partial charge in [0.05, 0.1) is 19.3 Å². The topological polar surface area (TPSA) is 63.2 Å². The van der Waals surface area contributed by atoms with Gasteiger partial charge in [-0.25, -0.2) is 4.39 Å². The maximum absolute atomic E-state index is 13.8. The first-order valence-corrected chi connectivity index (χ1v) is 9.67. The van der Waals surface area contributed by atoms with Gasteiger partial charge in [-0.05, 0) is 29.8 Å². The average molecular weight is 385 g/mol. The second-order valence-electron chi connectivity index (χ2n) is 6.23. The average Bonchev–Trinajstić information content (AvgIpc) is 3.19. The number of hydrogen-bond donors (Lipinski definition) is 1. The molecule has 1 fully saturated rings. The van der Waals surface area contributed by atoms with Crippen LogP contribution in [0.5, 0.6) is 0 Å². The Morgan fingerprint density at radius 2 is 2.04 bits per heavy atom. The lowest BCUT2D eigenvalue weighted by atomic mass is 10.0. The van der Waals surface area contributed by atoms with E-state index in [9.17, 15) is 4.39 Å². The fraction of sp³-hybridized carbons (Fsp3) is 0.316. The Morgan fingerprint density at radius 3 is 2.81 bits per heavy atom. The van der Waals surface area contributed by atoms with Crippen molar-refractivity contribution < 1.29 is 9.13 Å². The van der Waals surface area contributed by atoms with Crippen molar-refractivity contribution in [1.29, 1.82) is 0 Å². The first kappa shape index (κ1) is 18.0. The predicted octanol–water partition coefficient (Wildman–Crippen LogP) is 3.22. The van der Waals surface area contributed by atoms with Gasteiger partial charge in [-0.1, -0.05) is 29.5 Å². The highest BCUT2D eigenvalue weighted by molar-refractivity contribution is 7.18. The molecule has 8 heteroatoms. The highest BCUT2D eigenvalue weighted by atomic mass is 32.1. The van der Waals surface area contributed by atoms with Crippen molar-refractivity contribution in [3.8, 4) is 10.7 Å². The third-order valence-electron chi connectivity index (χ3n) is 4.48. The minimum atomic E-state index is -0.223. The number of pyridine rings is 1. The van der Waals surface area contributed by atoms with Crippen molar-refractivity contribution in [2.24, 2.45) is 0 Å². The fourth-order valence-electron chi connectivity index (χ4n) is 3.13. The molecular weight excluding hydrogens is 365 g/mol. The van der Waals surface area contributed by atoms with E-state index in [2.05, 4.69) is 25.4 Å². The molecule has 1 aliphatic rings. The summed E-state index contributed by atoms with van der Waals surface area (Å²) in [4.78, 5) is 6.62. The number of hydrogen-bond acceptors (Lipinski definition) is 7. The number of halogens is 1. The molecule has 0 bridgehead atoms. The van der Waals surface area contributed by atoms with Crippen LogP contribution >= 0.6 is 11.3 Å². The van der Waals surface area contributed by atoms with Crippen LogP contribution in [0.2, 0.25) is 0 Å². The van der Waals surface area contributed by atoms with Crippen molar-refractivity contribution in [2.45, 2.75) is 6.04 Å². The zero-order valence-corrected chi connectivity index (χ0v) is 15.5. The molecule has 1 N–H and O–H groups in total. The Hall–Kier alpha value is -2.42. The maximum Gasteiger partial charge on any atom is 0.206 e. The van der Waals surface area contributed by atoms with Crippen LogP contribution in [0.15, 0.2) is 48.7 Å². The molecule has 0 spiro atoms. The Bertz CT molecular complexity index is 869. The summed E-state index contributed by atoms with van der Waals surface area (Å²) in [6.07, 6.45) is 1.74. The highest BCUT2D eigenvalue weighted by Gasteiger charge is 2.23. The highest BCUT2D eigenvalue weighted by Crippen LogP contribution is 2.27. The van der Waals surface area contributed by atoms with Gasteiger partial charge in [-0.15, -0.1) is 10.2 Å². The van der Waals surface area contributed by atoms with Gasteiger partial charge in [0.15, 0.2) is 5.01 Å². The molecule has 27 heavy (non-hydrogen) atoms. The Balaban J connectivity index is 1.49. The molecule has 3 aromatic rings. The monoisotopic (exact) mass is 385 g/mol. The minimum absolute atomic E-state index is 0.0341. The molecule has 4 rings (SSSR count).